The molecular weight excluding hydrogens is 370 g/mol. The Bertz CT molecular complexity index is 862. The molecule has 0 bridgehead atoms. The van der Waals surface area contributed by atoms with Gasteiger partial charge in [0, 0.05) is 6.54 Å². The van der Waals surface area contributed by atoms with Crippen molar-refractivity contribution < 1.29 is 28.3 Å². The summed E-state index contributed by atoms with van der Waals surface area (Å²) in [5.41, 5.74) is 0.0341. The highest BCUT2D eigenvalue weighted by molar-refractivity contribution is 5.98. The van der Waals surface area contributed by atoms with Crippen LogP contribution < -0.4 is 10.6 Å². The van der Waals surface area contributed by atoms with Gasteiger partial charge in [-0.15, -0.1) is 0 Å². The second-order valence-electron chi connectivity index (χ2n) is 6.51. The first-order chi connectivity index (χ1) is 13.2. The highest BCUT2D eigenvalue weighted by atomic mass is 19.1. The van der Waals surface area contributed by atoms with E-state index in [1.807, 2.05) is 0 Å². The summed E-state index contributed by atoms with van der Waals surface area (Å²) in [6, 6.07) is 7.99. The summed E-state index contributed by atoms with van der Waals surface area (Å²) in [4.78, 5) is 35.6. The molecule has 0 saturated carbocycles. The van der Waals surface area contributed by atoms with Crippen LogP contribution in [0.2, 0.25) is 0 Å². The van der Waals surface area contributed by atoms with Gasteiger partial charge >= 0.3 is 5.97 Å². The molecule has 3 N–H and O–H groups in total. The van der Waals surface area contributed by atoms with Gasteiger partial charge in [-0.05, 0) is 35.7 Å². The molecule has 1 atom stereocenters. The molecule has 28 heavy (non-hydrogen) atoms. The summed E-state index contributed by atoms with van der Waals surface area (Å²) in [6.07, 6.45) is 0. The largest absolute Gasteiger partial charge is 0.478 e. The van der Waals surface area contributed by atoms with E-state index in [2.05, 4.69) is 10.6 Å². The lowest BCUT2D eigenvalue weighted by atomic mass is 10.0. The molecule has 2 aromatic rings. The zero-order valence-electron chi connectivity index (χ0n) is 15.3. The van der Waals surface area contributed by atoms with Crippen LogP contribution in [0.3, 0.4) is 0 Å². The summed E-state index contributed by atoms with van der Waals surface area (Å²) in [5.74, 6) is -4.97. The monoisotopic (exact) mass is 390 g/mol. The number of hydrogen-bond donors (Lipinski definition) is 3. The number of carbonyl (C=O) groups is 3. The minimum absolute atomic E-state index is 0.103. The zero-order valence-corrected chi connectivity index (χ0v) is 15.3. The van der Waals surface area contributed by atoms with Gasteiger partial charge in [-0.2, -0.15) is 0 Å². The Morgan fingerprint density at radius 3 is 2.07 bits per heavy atom. The summed E-state index contributed by atoms with van der Waals surface area (Å²) in [6.45, 7) is 3.47. The summed E-state index contributed by atoms with van der Waals surface area (Å²) in [5, 5.41) is 13.9. The first kappa shape index (κ1) is 21.0. The summed E-state index contributed by atoms with van der Waals surface area (Å²) >= 11 is 0. The molecule has 0 aliphatic carbocycles. The lowest BCUT2D eigenvalue weighted by Crippen LogP contribution is -2.49. The molecule has 0 radical (unpaired) electrons. The maximum atomic E-state index is 13.8. The second kappa shape index (κ2) is 9.07. The number of hydrogen-bond acceptors (Lipinski definition) is 3. The molecule has 8 heteroatoms. The molecule has 6 nitrogen and oxygen atoms in total. The van der Waals surface area contributed by atoms with Crippen LogP contribution in [0.4, 0.5) is 8.78 Å². The SMILES string of the molecule is CC(C)C(NC(=O)c1c(F)cccc1F)C(=O)NCc1ccc(C(=O)O)cc1. The van der Waals surface area contributed by atoms with Crippen molar-refractivity contribution in [1.82, 2.24) is 10.6 Å². The van der Waals surface area contributed by atoms with E-state index < -0.39 is 41.0 Å². The van der Waals surface area contributed by atoms with Crippen LogP contribution in [0.15, 0.2) is 42.5 Å². The van der Waals surface area contributed by atoms with E-state index in [1.165, 1.54) is 12.1 Å². The molecule has 0 aliphatic heterocycles. The molecule has 0 aromatic heterocycles. The smallest absolute Gasteiger partial charge is 0.335 e. The van der Waals surface area contributed by atoms with Gasteiger partial charge in [0.15, 0.2) is 0 Å². The second-order valence-corrected chi connectivity index (χ2v) is 6.51. The van der Waals surface area contributed by atoms with E-state index in [4.69, 9.17) is 5.11 Å². The Hall–Kier alpha value is -3.29. The van der Waals surface area contributed by atoms with Crippen molar-refractivity contribution in [2.24, 2.45) is 5.92 Å². The molecule has 1 unspecified atom stereocenters. The van der Waals surface area contributed by atoms with E-state index in [-0.39, 0.29) is 18.0 Å². The molecule has 0 saturated heterocycles. The number of halogens is 2. The van der Waals surface area contributed by atoms with Crippen molar-refractivity contribution >= 4 is 17.8 Å². The van der Waals surface area contributed by atoms with Gasteiger partial charge in [-0.25, -0.2) is 13.6 Å². The fraction of sp³-hybridized carbons (Fsp3) is 0.250. The van der Waals surface area contributed by atoms with E-state index in [0.29, 0.717) is 5.56 Å². The maximum absolute atomic E-state index is 13.8. The highest BCUT2D eigenvalue weighted by Crippen LogP contribution is 2.13. The third-order valence-electron chi connectivity index (χ3n) is 4.09. The number of benzene rings is 2. The minimum atomic E-state index is -1.06. The first-order valence-corrected chi connectivity index (χ1v) is 8.55. The van der Waals surface area contributed by atoms with Gasteiger partial charge in [0.25, 0.3) is 5.91 Å². The summed E-state index contributed by atoms with van der Waals surface area (Å²) in [7, 11) is 0. The molecule has 2 amide bonds. The Labute approximate surface area is 160 Å². The molecule has 2 aromatic carbocycles. The van der Waals surface area contributed by atoms with Gasteiger partial charge in [-0.1, -0.05) is 32.0 Å². The normalized spacial score (nSPS) is 11.8. The van der Waals surface area contributed by atoms with Gasteiger partial charge in [0.2, 0.25) is 5.91 Å². The van der Waals surface area contributed by atoms with E-state index in [9.17, 15) is 23.2 Å². The summed E-state index contributed by atoms with van der Waals surface area (Å²) < 4.78 is 27.5. The quantitative estimate of drug-likeness (QED) is 0.677. The molecule has 0 heterocycles. The van der Waals surface area contributed by atoms with E-state index in [1.54, 1.807) is 26.0 Å². The fourth-order valence-corrected chi connectivity index (χ4v) is 2.53. The first-order valence-electron chi connectivity index (χ1n) is 8.55. The molecule has 2 rings (SSSR count). The lowest BCUT2D eigenvalue weighted by molar-refractivity contribution is -0.124. The molecular formula is C20H20F2N2O4. The number of nitrogens with one attached hydrogen (secondary N) is 2. The number of amides is 2. The van der Waals surface area contributed by atoms with Crippen LogP contribution in [-0.4, -0.2) is 28.9 Å². The number of rotatable bonds is 7. The van der Waals surface area contributed by atoms with Crippen LogP contribution in [0.25, 0.3) is 0 Å². The fourth-order valence-electron chi connectivity index (χ4n) is 2.53. The number of aromatic carboxylic acids is 1. The average Bonchev–Trinajstić information content (AvgIpc) is 2.64. The molecule has 148 valence electrons. The standard InChI is InChI=1S/C20H20F2N2O4/c1-11(2)17(24-18(25)16-14(21)4-3-5-15(16)22)19(26)23-10-12-6-8-13(9-7-12)20(27)28/h3-9,11,17H,10H2,1-2H3,(H,23,26)(H,24,25)(H,27,28). The Balaban J connectivity index is 2.05. The van der Waals surface area contributed by atoms with Crippen LogP contribution in [0.1, 0.15) is 40.1 Å². The van der Waals surface area contributed by atoms with E-state index >= 15 is 0 Å². The van der Waals surface area contributed by atoms with Gasteiger partial charge in [-0.3, -0.25) is 9.59 Å². The highest BCUT2D eigenvalue weighted by Gasteiger charge is 2.27. The average molecular weight is 390 g/mol. The van der Waals surface area contributed by atoms with Gasteiger partial charge in [0.05, 0.1) is 5.56 Å². The van der Waals surface area contributed by atoms with Crippen molar-refractivity contribution in [1.29, 1.82) is 0 Å². The predicted molar refractivity (Wildman–Crippen MR) is 97.7 cm³/mol. The maximum Gasteiger partial charge on any atom is 0.335 e. The van der Waals surface area contributed by atoms with Gasteiger partial charge < -0.3 is 15.7 Å². The van der Waals surface area contributed by atoms with Crippen LogP contribution >= 0.6 is 0 Å². The van der Waals surface area contributed by atoms with Crippen molar-refractivity contribution in [2.45, 2.75) is 26.4 Å². The van der Waals surface area contributed by atoms with Gasteiger partial charge in [0.1, 0.15) is 23.2 Å². The molecule has 0 spiro atoms. The van der Waals surface area contributed by atoms with Crippen LogP contribution in [-0.2, 0) is 11.3 Å². The van der Waals surface area contributed by atoms with Crippen LogP contribution in [0.5, 0.6) is 0 Å². The van der Waals surface area contributed by atoms with Crippen molar-refractivity contribution in [3.05, 3.63) is 70.8 Å². The number of carbonyl (C=O) groups excluding carboxylic acids is 2. The van der Waals surface area contributed by atoms with Crippen molar-refractivity contribution in [2.75, 3.05) is 0 Å². The predicted octanol–water partition coefficient (Wildman–Crippen LogP) is 2.73. The number of carboxylic acid groups (broad SMARTS) is 1. The van der Waals surface area contributed by atoms with Crippen molar-refractivity contribution in [3.8, 4) is 0 Å². The third kappa shape index (κ3) is 5.12. The molecule has 0 aliphatic rings. The van der Waals surface area contributed by atoms with Crippen molar-refractivity contribution in [3.63, 3.8) is 0 Å². The zero-order chi connectivity index (χ0) is 20.8. The Kier molecular flexibility index (Phi) is 6.81. The topological polar surface area (TPSA) is 95.5 Å². The van der Waals surface area contributed by atoms with E-state index in [0.717, 1.165) is 18.2 Å². The third-order valence-corrected chi connectivity index (χ3v) is 4.09. The number of carboxylic acids is 1. The molecule has 0 fully saturated rings. The Morgan fingerprint density at radius 1 is 1.00 bits per heavy atom. The lowest BCUT2D eigenvalue weighted by Gasteiger charge is -2.22. The minimum Gasteiger partial charge on any atom is -0.478 e. The van der Waals surface area contributed by atoms with Crippen LogP contribution in [0, 0.1) is 17.6 Å². The Morgan fingerprint density at radius 2 is 1.57 bits per heavy atom.